The summed E-state index contributed by atoms with van der Waals surface area (Å²) in [6, 6.07) is 4.42. The van der Waals surface area contributed by atoms with Crippen molar-refractivity contribution in [2.24, 2.45) is 0 Å². The number of ether oxygens (including phenoxy) is 2. The Kier molecular flexibility index (Phi) is 4.83. The van der Waals surface area contributed by atoms with Crippen molar-refractivity contribution in [2.45, 2.75) is 25.7 Å². The summed E-state index contributed by atoms with van der Waals surface area (Å²) < 4.78 is 24.1. The van der Waals surface area contributed by atoms with E-state index in [1.165, 1.54) is 12.1 Å². The summed E-state index contributed by atoms with van der Waals surface area (Å²) in [6.07, 6.45) is 0.312. The van der Waals surface area contributed by atoms with E-state index >= 15 is 0 Å². The second kappa shape index (κ2) is 6.43. The zero-order valence-electron chi connectivity index (χ0n) is 12.8. The van der Waals surface area contributed by atoms with Crippen LogP contribution in [0.4, 0.5) is 4.39 Å². The van der Waals surface area contributed by atoms with Crippen molar-refractivity contribution in [2.75, 3.05) is 33.4 Å². The van der Waals surface area contributed by atoms with E-state index in [-0.39, 0.29) is 11.7 Å². The van der Waals surface area contributed by atoms with Crippen LogP contribution in [0.5, 0.6) is 5.75 Å². The van der Waals surface area contributed by atoms with E-state index in [1.807, 2.05) is 13.8 Å². The maximum absolute atomic E-state index is 13.5. The van der Waals surface area contributed by atoms with Gasteiger partial charge in [-0.25, -0.2) is 4.39 Å². The molecule has 0 atom stereocenters. The Labute approximate surface area is 124 Å². The molecule has 1 aliphatic heterocycles. The Balaban J connectivity index is 2.17. The van der Waals surface area contributed by atoms with Crippen molar-refractivity contribution < 1.29 is 18.7 Å². The summed E-state index contributed by atoms with van der Waals surface area (Å²) in [6.45, 7) is 6.26. The predicted octanol–water partition coefficient (Wildman–Crippen LogP) is 2.36. The minimum atomic E-state index is -0.497. The topological polar surface area (TPSA) is 38.8 Å². The van der Waals surface area contributed by atoms with Crippen LogP contribution in [-0.4, -0.2) is 44.2 Å². The smallest absolute Gasteiger partial charge is 0.223 e. The maximum atomic E-state index is 13.5. The van der Waals surface area contributed by atoms with Gasteiger partial charge in [0.25, 0.3) is 0 Å². The molecule has 0 aromatic heterocycles. The van der Waals surface area contributed by atoms with Crippen LogP contribution in [0.1, 0.15) is 25.8 Å². The van der Waals surface area contributed by atoms with Gasteiger partial charge in [-0.2, -0.15) is 0 Å². The maximum Gasteiger partial charge on any atom is 0.223 e. The average Bonchev–Trinajstić information content (AvgIpc) is 2.47. The lowest BCUT2D eigenvalue weighted by Crippen LogP contribution is -2.42. The zero-order valence-corrected chi connectivity index (χ0v) is 12.8. The molecule has 5 heteroatoms. The number of carbonyl (C=O) groups excluding carboxylic acids is 1. The van der Waals surface area contributed by atoms with Crippen molar-refractivity contribution in [1.82, 2.24) is 4.90 Å². The molecule has 0 bridgehead atoms. The number of hydrogen-bond acceptors (Lipinski definition) is 3. The molecular formula is C16H22FNO3. The fraction of sp³-hybridized carbons (Fsp3) is 0.562. The van der Waals surface area contributed by atoms with Crippen molar-refractivity contribution >= 4 is 5.91 Å². The van der Waals surface area contributed by atoms with Crippen LogP contribution < -0.4 is 4.74 Å². The van der Waals surface area contributed by atoms with Crippen LogP contribution in [0.15, 0.2) is 18.2 Å². The van der Waals surface area contributed by atoms with Gasteiger partial charge in [-0.15, -0.1) is 0 Å². The Morgan fingerprint density at radius 1 is 1.38 bits per heavy atom. The number of rotatable bonds is 4. The number of methoxy groups -OCH3 is 1. The molecule has 0 aliphatic carbocycles. The zero-order chi connectivity index (χ0) is 15.5. The molecule has 1 saturated heterocycles. The van der Waals surface area contributed by atoms with Gasteiger partial charge >= 0.3 is 0 Å². The third-order valence-corrected chi connectivity index (χ3v) is 3.85. The summed E-state index contributed by atoms with van der Waals surface area (Å²) in [5, 5.41) is 0. The quantitative estimate of drug-likeness (QED) is 0.856. The first-order chi connectivity index (χ1) is 9.94. The molecule has 0 spiro atoms. The first-order valence-corrected chi connectivity index (χ1v) is 7.13. The molecule has 0 saturated carbocycles. The largest absolute Gasteiger partial charge is 0.496 e. The van der Waals surface area contributed by atoms with E-state index in [1.54, 1.807) is 18.1 Å². The van der Waals surface area contributed by atoms with Crippen molar-refractivity contribution in [3.05, 3.63) is 29.6 Å². The number of halogens is 1. The second-order valence-electron chi connectivity index (χ2n) is 5.90. The average molecular weight is 295 g/mol. The van der Waals surface area contributed by atoms with Crippen LogP contribution in [0.3, 0.4) is 0 Å². The molecule has 116 valence electrons. The molecule has 21 heavy (non-hydrogen) atoms. The molecule has 1 aromatic rings. The van der Waals surface area contributed by atoms with Gasteiger partial charge in [-0.3, -0.25) is 4.79 Å². The van der Waals surface area contributed by atoms with Gasteiger partial charge in [-0.1, -0.05) is 13.8 Å². The van der Waals surface area contributed by atoms with Gasteiger partial charge in [0, 0.05) is 30.5 Å². The summed E-state index contributed by atoms with van der Waals surface area (Å²) in [7, 11) is 1.55. The number of amides is 1. The van der Waals surface area contributed by atoms with Crippen LogP contribution in [0.2, 0.25) is 0 Å². The van der Waals surface area contributed by atoms with Crippen LogP contribution in [-0.2, 0) is 14.9 Å². The minimum absolute atomic E-state index is 0.0645. The molecule has 1 heterocycles. The third-order valence-electron chi connectivity index (χ3n) is 3.85. The molecule has 0 N–H and O–H groups in total. The van der Waals surface area contributed by atoms with Gasteiger partial charge in [0.2, 0.25) is 5.91 Å². The van der Waals surface area contributed by atoms with Gasteiger partial charge in [-0.05, 0) is 18.2 Å². The number of carbonyl (C=O) groups is 1. The Hall–Kier alpha value is -1.62. The van der Waals surface area contributed by atoms with Gasteiger partial charge in [0.15, 0.2) is 0 Å². The first kappa shape index (κ1) is 15.8. The lowest BCUT2D eigenvalue weighted by atomic mass is 9.80. The third kappa shape index (κ3) is 3.73. The number of hydrogen-bond donors (Lipinski definition) is 0. The summed E-state index contributed by atoms with van der Waals surface area (Å²) in [5.74, 6) is 0.350. The number of nitrogens with zero attached hydrogens (tertiary/aromatic N) is 1. The molecule has 4 nitrogen and oxygen atoms in total. The van der Waals surface area contributed by atoms with Gasteiger partial charge < -0.3 is 14.4 Å². The van der Waals surface area contributed by atoms with E-state index in [0.717, 1.165) is 0 Å². The van der Waals surface area contributed by atoms with Gasteiger partial charge in [0.1, 0.15) is 11.6 Å². The molecule has 0 unspecified atom stereocenters. The highest BCUT2D eigenvalue weighted by atomic mass is 19.1. The monoisotopic (exact) mass is 295 g/mol. The lowest BCUT2D eigenvalue weighted by molar-refractivity contribution is -0.136. The fourth-order valence-electron chi connectivity index (χ4n) is 2.61. The predicted molar refractivity (Wildman–Crippen MR) is 78.0 cm³/mol. The highest BCUT2D eigenvalue weighted by Crippen LogP contribution is 2.35. The SMILES string of the molecule is COc1ccc(F)cc1C(C)(C)CC(=O)N1CCOCC1. The normalized spacial score (nSPS) is 15.9. The summed E-state index contributed by atoms with van der Waals surface area (Å²) in [5.41, 5.74) is 0.217. The number of benzene rings is 1. The lowest BCUT2D eigenvalue weighted by Gasteiger charge is -2.32. The fourth-order valence-corrected chi connectivity index (χ4v) is 2.61. The summed E-state index contributed by atoms with van der Waals surface area (Å²) in [4.78, 5) is 14.2. The van der Waals surface area contributed by atoms with E-state index in [0.29, 0.717) is 44.0 Å². The minimum Gasteiger partial charge on any atom is -0.496 e. The highest BCUT2D eigenvalue weighted by Gasteiger charge is 2.30. The molecular weight excluding hydrogens is 273 g/mol. The Morgan fingerprint density at radius 2 is 2.05 bits per heavy atom. The van der Waals surface area contributed by atoms with Crippen molar-refractivity contribution in [1.29, 1.82) is 0 Å². The molecule has 1 fully saturated rings. The Morgan fingerprint density at radius 3 is 2.67 bits per heavy atom. The standard InChI is InChI=1S/C16H22FNO3/c1-16(2,11-15(19)18-6-8-21-9-7-18)13-10-12(17)4-5-14(13)20-3/h4-5,10H,6-9,11H2,1-3H3. The molecule has 1 aromatic carbocycles. The van der Waals surface area contributed by atoms with Gasteiger partial charge in [0.05, 0.1) is 20.3 Å². The molecule has 2 rings (SSSR count). The summed E-state index contributed by atoms with van der Waals surface area (Å²) >= 11 is 0. The van der Waals surface area contributed by atoms with Crippen molar-refractivity contribution in [3.8, 4) is 5.75 Å². The van der Waals surface area contributed by atoms with Crippen LogP contribution >= 0.6 is 0 Å². The Bertz CT molecular complexity index is 510. The number of morpholine rings is 1. The van der Waals surface area contributed by atoms with E-state index in [2.05, 4.69) is 0 Å². The molecule has 1 amide bonds. The van der Waals surface area contributed by atoms with Crippen LogP contribution in [0.25, 0.3) is 0 Å². The van der Waals surface area contributed by atoms with Crippen molar-refractivity contribution in [3.63, 3.8) is 0 Å². The molecule has 1 aliphatic rings. The van der Waals surface area contributed by atoms with E-state index < -0.39 is 5.41 Å². The van der Waals surface area contributed by atoms with E-state index in [9.17, 15) is 9.18 Å². The molecule has 0 radical (unpaired) electrons. The van der Waals surface area contributed by atoms with E-state index in [4.69, 9.17) is 9.47 Å². The highest BCUT2D eigenvalue weighted by molar-refractivity contribution is 5.78. The van der Waals surface area contributed by atoms with Crippen LogP contribution in [0, 0.1) is 5.82 Å². The second-order valence-corrected chi connectivity index (χ2v) is 5.90. The first-order valence-electron chi connectivity index (χ1n) is 7.13.